The van der Waals surface area contributed by atoms with Crippen LogP contribution in [0.3, 0.4) is 0 Å². The summed E-state index contributed by atoms with van der Waals surface area (Å²) < 4.78 is 38.9. The second-order valence-electron chi connectivity index (χ2n) is 8.56. The van der Waals surface area contributed by atoms with E-state index in [-0.39, 0.29) is 16.6 Å². The predicted octanol–water partition coefficient (Wildman–Crippen LogP) is 3.97. The summed E-state index contributed by atoms with van der Waals surface area (Å²) in [5.41, 5.74) is 2.49. The summed E-state index contributed by atoms with van der Waals surface area (Å²) in [6.45, 7) is 2.09. The van der Waals surface area contributed by atoms with Gasteiger partial charge in [-0.2, -0.15) is 0 Å². The first-order valence-corrected chi connectivity index (χ1v) is 13.2. The molecule has 1 aliphatic heterocycles. The van der Waals surface area contributed by atoms with Crippen molar-refractivity contribution in [3.05, 3.63) is 72.3 Å². The molecule has 0 aromatic heterocycles. The van der Waals surface area contributed by atoms with Gasteiger partial charge in [-0.3, -0.25) is 13.9 Å². The van der Waals surface area contributed by atoms with Gasteiger partial charge in [0.05, 0.1) is 24.8 Å². The highest BCUT2D eigenvalue weighted by atomic mass is 32.2. The Hall–Kier alpha value is -4.05. The standard InChI is InChI=1S/C27H29N3O6S/c1-19-16-20(11-13-23(19)29-15-7-10-27(29)32)28-26(31)18-30(21-8-5-4-6-9-21)37(33,34)22-12-14-24(35-2)25(17-22)36-3/h4-6,8-9,11-14,16-17H,7,10,15,18H2,1-3H3,(H,28,31). The van der Waals surface area contributed by atoms with Crippen molar-refractivity contribution in [3.8, 4) is 11.5 Å². The predicted molar refractivity (Wildman–Crippen MR) is 142 cm³/mol. The second kappa shape index (κ2) is 10.9. The smallest absolute Gasteiger partial charge is 0.264 e. The summed E-state index contributed by atoms with van der Waals surface area (Å²) in [5, 5.41) is 2.78. The van der Waals surface area contributed by atoms with Crippen molar-refractivity contribution in [2.45, 2.75) is 24.7 Å². The van der Waals surface area contributed by atoms with Gasteiger partial charge in [0.1, 0.15) is 6.54 Å². The van der Waals surface area contributed by atoms with Crippen molar-refractivity contribution in [1.29, 1.82) is 0 Å². The number of nitrogens with one attached hydrogen (secondary N) is 1. The summed E-state index contributed by atoms with van der Waals surface area (Å²) in [7, 11) is -1.26. The molecule has 1 fully saturated rings. The molecule has 4 rings (SSSR count). The van der Waals surface area contributed by atoms with Crippen molar-refractivity contribution in [2.75, 3.05) is 41.8 Å². The molecular weight excluding hydrogens is 494 g/mol. The summed E-state index contributed by atoms with van der Waals surface area (Å²) in [4.78, 5) is 26.9. The molecule has 0 aliphatic carbocycles. The molecule has 194 valence electrons. The average molecular weight is 524 g/mol. The van der Waals surface area contributed by atoms with Crippen LogP contribution in [0.25, 0.3) is 0 Å². The average Bonchev–Trinajstić information content (AvgIpc) is 3.32. The Kier molecular flexibility index (Phi) is 7.68. The minimum Gasteiger partial charge on any atom is -0.493 e. The zero-order valence-corrected chi connectivity index (χ0v) is 21.7. The van der Waals surface area contributed by atoms with Gasteiger partial charge in [0.25, 0.3) is 10.0 Å². The maximum atomic E-state index is 13.7. The van der Waals surface area contributed by atoms with E-state index in [0.29, 0.717) is 30.1 Å². The SMILES string of the molecule is COc1ccc(S(=O)(=O)N(CC(=O)Nc2ccc(N3CCCC3=O)c(C)c2)c2ccccc2)cc1OC. The number of anilines is 3. The van der Waals surface area contributed by atoms with E-state index in [2.05, 4.69) is 5.32 Å². The number of carbonyl (C=O) groups is 2. The van der Waals surface area contributed by atoms with Gasteiger partial charge in [-0.05, 0) is 61.4 Å². The van der Waals surface area contributed by atoms with Crippen LogP contribution in [0, 0.1) is 6.92 Å². The van der Waals surface area contributed by atoms with Crippen molar-refractivity contribution < 1.29 is 27.5 Å². The minimum atomic E-state index is -4.14. The lowest BCUT2D eigenvalue weighted by atomic mass is 10.1. The van der Waals surface area contributed by atoms with E-state index in [0.717, 1.165) is 22.0 Å². The van der Waals surface area contributed by atoms with Crippen LogP contribution in [0.15, 0.2) is 71.6 Å². The number of hydrogen-bond acceptors (Lipinski definition) is 6. The number of benzene rings is 3. The molecule has 1 N–H and O–H groups in total. The van der Waals surface area contributed by atoms with Crippen LogP contribution in [-0.4, -0.2) is 47.5 Å². The summed E-state index contributed by atoms with van der Waals surface area (Å²) in [6.07, 6.45) is 1.35. The molecule has 0 spiro atoms. The van der Waals surface area contributed by atoms with Gasteiger partial charge in [-0.15, -0.1) is 0 Å². The van der Waals surface area contributed by atoms with Crippen molar-refractivity contribution in [3.63, 3.8) is 0 Å². The molecule has 10 heteroatoms. The zero-order valence-electron chi connectivity index (χ0n) is 20.9. The molecule has 0 radical (unpaired) electrons. The van der Waals surface area contributed by atoms with E-state index in [4.69, 9.17) is 9.47 Å². The van der Waals surface area contributed by atoms with Crippen LogP contribution >= 0.6 is 0 Å². The molecule has 1 saturated heterocycles. The van der Waals surface area contributed by atoms with E-state index in [1.54, 1.807) is 53.4 Å². The van der Waals surface area contributed by atoms with E-state index >= 15 is 0 Å². The highest BCUT2D eigenvalue weighted by molar-refractivity contribution is 7.92. The monoisotopic (exact) mass is 523 g/mol. The first-order chi connectivity index (χ1) is 17.7. The Bertz CT molecular complexity index is 1410. The number of nitrogens with zero attached hydrogens (tertiary/aromatic N) is 2. The van der Waals surface area contributed by atoms with E-state index in [1.165, 1.54) is 32.4 Å². The lowest BCUT2D eigenvalue weighted by Gasteiger charge is -2.24. The van der Waals surface area contributed by atoms with Gasteiger partial charge in [0.2, 0.25) is 11.8 Å². The normalized spacial score (nSPS) is 13.4. The van der Waals surface area contributed by atoms with Crippen LogP contribution < -0.4 is 24.0 Å². The van der Waals surface area contributed by atoms with E-state index < -0.39 is 22.5 Å². The highest BCUT2D eigenvalue weighted by Crippen LogP contribution is 2.32. The van der Waals surface area contributed by atoms with Crippen molar-refractivity contribution in [1.82, 2.24) is 0 Å². The van der Waals surface area contributed by atoms with Crippen molar-refractivity contribution >= 4 is 38.9 Å². The molecule has 3 aromatic carbocycles. The Labute approximate surface area is 216 Å². The molecule has 0 atom stereocenters. The van der Waals surface area contributed by atoms with E-state index in [1.807, 2.05) is 6.92 Å². The molecule has 3 aromatic rings. The van der Waals surface area contributed by atoms with Gasteiger partial charge in [0.15, 0.2) is 11.5 Å². The Balaban J connectivity index is 1.59. The van der Waals surface area contributed by atoms with Gasteiger partial charge in [-0.25, -0.2) is 8.42 Å². The number of carbonyl (C=O) groups excluding carboxylic acids is 2. The highest BCUT2D eigenvalue weighted by Gasteiger charge is 2.29. The molecule has 9 nitrogen and oxygen atoms in total. The number of hydrogen-bond donors (Lipinski definition) is 1. The van der Waals surface area contributed by atoms with Gasteiger partial charge in [0, 0.05) is 30.4 Å². The van der Waals surface area contributed by atoms with E-state index in [9.17, 15) is 18.0 Å². The maximum absolute atomic E-state index is 13.7. The van der Waals surface area contributed by atoms with Gasteiger partial charge >= 0.3 is 0 Å². The van der Waals surface area contributed by atoms with Gasteiger partial charge in [-0.1, -0.05) is 18.2 Å². The number of sulfonamides is 1. The van der Waals surface area contributed by atoms with Gasteiger partial charge < -0.3 is 19.7 Å². The topological polar surface area (TPSA) is 105 Å². The molecule has 1 heterocycles. The fourth-order valence-electron chi connectivity index (χ4n) is 4.28. The second-order valence-corrected chi connectivity index (χ2v) is 10.4. The molecule has 0 saturated carbocycles. The van der Waals surface area contributed by atoms with Crippen LogP contribution in [0.5, 0.6) is 11.5 Å². The molecular formula is C27H29N3O6S. The third-order valence-electron chi connectivity index (χ3n) is 6.12. The summed E-state index contributed by atoms with van der Waals surface area (Å²) >= 11 is 0. The first kappa shape index (κ1) is 26.0. The third-order valence-corrected chi connectivity index (χ3v) is 7.89. The fourth-order valence-corrected chi connectivity index (χ4v) is 5.72. The van der Waals surface area contributed by atoms with Crippen LogP contribution in [0.1, 0.15) is 18.4 Å². The molecule has 2 amide bonds. The number of methoxy groups -OCH3 is 2. The summed E-state index contributed by atoms with van der Waals surface area (Å²) in [6, 6.07) is 18.0. The van der Waals surface area contributed by atoms with Crippen LogP contribution in [0.4, 0.5) is 17.1 Å². The Morgan fingerprint density at radius 1 is 1.00 bits per heavy atom. The molecule has 37 heavy (non-hydrogen) atoms. The lowest BCUT2D eigenvalue weighted by molar-refractivity contribution is -0.117. The minimum absolute atomic E-state index is 0.0442. The molecule has 0 unspecified atom stereocenters. The number of aryl methyl sites for hydroxylation is 1. The molecule has 0 bridgehead atoms. The quantitative estimate of drug-likeness (QED) is 0.455. The summed E-state index contributed by atoms with van der Waals surface area (Å²) in [5.74, 6) is 0.212. The lowest BCUT2D eigenvalue weighted by Crippen LogP contribution is -2.38. The first-order valence-electron chi connectivity index (χ1n) is 11.8. The maximum Gasteiger partial charge on any atom is 0.264 e. The number of ether oxygens (including phenoxy) is 2. The van der Waals surface area contributed by atoms with Crippen molar-refractivity contribution in [2.24, 2.45) is 0 Å². The number of amides is 2. The largest absolute Gasteiger partial charge is 0.493 e. The fraction of sp³-hybridized carbons (Fsp3) is 0.259. The van der Waals surface area contributed by atoms with Crippen LogP contribution in [-0.2, 0) is 19.6 Å². The number of rotatable bonds is 9. The third kappa shape index (κ3) is 5.54. The Morgan fingerprint density at radius 3 is 2.35 bits per heavy atom. The zero-order chi connectivity index (χ0) is 26.6. The number of para-hydroxylation sites is 1. The molecule has 1 aliphatic rings. The van der Waals surface area contributed by atoms with Crippen LogP contribution in [0.2, 0.25) is 0 Å². The Morgan fingerprint density at radius 2 is 1.73 bits per heavy atom.